The van der Waals surface area contributed by atoms with Gasteiger partial charge in [0.2, 0.25) is 0 Å². The van der Waals surface area contributed by atoms with Gasteiger partial charge >= 0.3 is 0 Å². The summed E-state index contributed by atoms with van der Waals surface area (Å²) < 4.78 is 0. The first-order valence-corrected chi connectivity index (χ1v) is 6.53. The lowest BCUT2D eigenvalue weighted by Gasteiger charge is -2.14. The van der Waals surface area contributed by atoms with Crippen LogP contribution in [-0.4, -0.2) is 17.4 Å². The Labute approximate surface area is 113 Å². The smallest absolute Gasteiger partial charge is 0.273 e. The number of nitrogens with zero attached hydrogens (tertiary/aromatic N) is 1. The molecule has 0 saturated heterocycles. The number of rotatable bonds is 6. The Hall–Kier alpha value is -1.91. The predicted octanol–water partition coefficient (Wildman–Crippen LogP) is 3.07. The van der Waals surface area contributed by atoms with Gasteiger partial charge in [-0.3, -0.25) is 14.9 Å². The van der Waals surface area contributed by atoms with Crippen LogP contribution in [0.15, 0.2) is 18.2 Å². The van der Waals surface area contributed by atoms with Crippen molar-refractivity contribution >= 4 is 11.6 Å². The van der Waals surface area contributed by atoms with E-state index in [2.05, 4.69) is 19.2 Å². The fourth-order valence-electron chi connectivity index (χ4n) is 1.98. The Kier molecular flexibility index (Phi) is 5.48. The molecule has 104 valence electrons. The molecule has 0 fully saturated rings. The third-order valence-corrected chi connectivity index (χ3v) is 3.45. The van der Waals surface area contributed by atoms with Gasteiger partial charge < -0.3 is 5.32 Å². The van der Waals surface area contributed by atoms with Gasteiger partial charge in [-0.05, 0) is 18.9 Å². The lowest BCUT2D eigenvalue weighted by atomic mass is 10.0. The van der Waals surface area contributed by atoms with E-state index in [0.29, 0.717) is 23.6 Å². The maximum Gasteiger partial charge on any atom is 0.273 e. The summed E-state index contributed by atoms with van der Waals surface area (Å²) in [6.45, 7) is 6.37. The van der Waals surface area contributed by atoms with Gasteiger partial charge in [-0.2, -0.15) is 0 Å². The number of carbonyl (C=O) groups is 1. The van der Waals surface area contributed by atoms with Gasteiger partial charge in [-0.25, -0.2) is 0 Å². The number of benzene rings is 1. The van der Waals surface area contributed by atoms with Crippen molar-refractivity contribution < 1.29 is 9.72 Å². The monoisotopic (exact) mass is 264 g/mol. The molecule has 0 radical (unpaired) electrons. The van der Waals surface area contributed by atoms with Crippen LogP contribution in [0.5, 0.6) is 0 Å². The number of hydrogen-bond donors (Lipinski definition) is 1. The zero-order valence-electron chi connectivity index (χ0n) is 11.6. The summed E-state index contributed by atoms with van der Waals surface area (Å²) in [5.74, 6) is 0.205. The van der Waals surface area contributed by atoms with E-state index in [-0.39, 0.29) is 11.6 Å². The standard InChI is InChI=1S/C14H20N2O3/c1-4-11(5-2)9-15-14(17)12-7-6-8-13(10(12)3)16(18)19/h6-8,11H,4-5,9H2,1-3H3,(H,15,17). The molecule has 1 rings (SSSR count). The lowest BCUT2D eigenvalue weighted by Crippen LogP contribution is -2.29. The number of nitro groups is 1. The minimum Gasteiger partial charge on any atom is -0.352 e. The van der Waals surface area contributed by atoms with Crippen molar-refractivity contribution in [3.63, 3.8) is 0 Å². The first-order valence-electron chi connectivity index (χ1n) is 6.53. The fourth-order valence-corrected chi connectivity index (χ4v) is 1.98. The lowest BCUT2D eigenvalue weighted by molar-refractivity contribution is -0.385. The van der Waals surface area contributed by atoms with E-state index >= 15 is 0 Å². The highest BCUT2D eigenvalue weighted by Gasteiger charge is 2.18. The van der Waals surface area contributed by atoms with Crippen molar-refractivity contribution in [2.75, 3.05) is 6.54 Å². The predicted molar refractivity (Wildman–Crippen MR) is 74.2 cm³/mol. The molecule has 0 saturated carbocycles. The molecular formula is C14H20N2O3. The van der Waals surface area contributed by atoms with Gasteiger partial charge in [0.05, 0.1) is 4.92 Å². The first-order chi connectivity index (χ1) is 9.01. The number of amides is 1. The molecule has 19 heavy (non-hydrogen) atoms. The SMILES string of the molecule is CCC(CC)CNC(=O)c1cccc([N+](=O)[O-])c1C. The molecule has 0 bridgehead atoms. The molecular weight excluding hydrogens is 244 g/mol. The number of carbonyl (C=O) groups excluding carboxylic acids is 1. The second-order valence-corrected chi connectivity index (χ2v) is 4.60. The van der Waals surface area contributed by atoms with E-state index in [1.54, 1.807) is 13.0 Å². The molecule has 0 aromatic heterocycles. The second kappa shape index (κ2) is 6.87. The summed E-state index contributed by atoms with van der Waals surface area (Å²) in [5, 5.41) is 13.7. The zero-order chi connectivity index (χ0) is 14.4. The van der Waals surface area contributed by atoms with E-state index in [9.17, 15) is 14.9 Å². The Morgan fingerprint density at radius 2 is 2.00 bits per heavy atom. The van der Waals surface area contributed by atoms with Crippen LogP contribution in [-0.2, 0) is 0 Å². The molecule has 1 amide bonds. The van der Waals surface area contributed by atoms with Gasteiger partial charge in [0.1, 0.15) is 0 Å². The quantitative estimate of drug-likeness (QED) is 0.634. The van der Waals surface area contributed by atoms with E-state index in [1.807, 2.05) is 0 Å². The number of nitrogens with one attached hydrogen (secondary N) is 1. The summed E-state index contributed by atoms with van der Waals surface area (Å²) >= 11 is 0. The van der Waals surface area contributed by atoms with Crippen LogP contribution in [0.1, 0.15) is 42.6 Å². The highest BCUT2D eigenvalue weighted by Crippen LogP contribution is 2.21. The summed E-state index contributed by atoms with van der Waals surface area (Å²) in [7, 11) is 0. The van der Waals surface area contributed by atoms with Crippen molar-refractivity contribution in [3.8, 4) is 0 Å². The normalized spacial score (nSPS) is 10.5. The minimum absolute atomic E-state index is 0.0183. The second-order valence-electron chi connectivity index (χ2n) is 4.60. The van der Waals surface area contributed by atoms with Crippen LogP contribution in [0.2, 0.25) is 0 Å². The molecule has 5 heteroatoms. The van der Waals surface area contributed by atoms with Crippen LogP contribution >= 0.6 is 0 Å². The largest absolute Gasteiger partial charge is 0.352 e. The zero-order valence-corrected chi connectivity index (χ0v) is 11.6. The number of nitro benzene ring substituents is 1. The molecule has 0 spiro atoms. The first kappa shape index (κ1) is 15.1. The van der Waals surface area contributed by atoms with Crippen LogP contribution < -0.4 is 5.32 Å². The average molecular weight is 264 g/mol. The van der Waals surface area contributed by atoms with Crippen molar-refractivity contribution in [1.82, 2.24) is 5.32 Å². The third kappa shape index (κ3) is 3.77. The molecule has 0 aliphatic rings. The van der Waals surface area contributed by atoms with E-state index < -0.39 is 4.92 Å². The van der Waals surface area contributed by atoms with E-state index in [0.717, 1.165) is 12.8 Å². The van der Waals surface area contributed by atoms with Crippen molar-refractivity contribution in [2.24, 2.45) is 5.92 Å². The fraction of sp³-hybridized carbons (Fsp3) is 0.500. The molecule has 0 unspecified atom stereocenters. The summed E-state index contributed by atoms with van der Waals surface area (Å²) in [4.78, 5) is 22.4. The molecule has 0 heterocycles. The van der Waals surface area contributed by atoms with Crippen molar-refractivity contribution in [3.05, 3.63) is 39.4 Å². The van der Waals surface area contributed by atoms with E-state index in [4.69, 9.17) is 0 Å². The topological polar surface area (TPSA) is 72.2 Å². The molecule has 0 aliphatic heterocycles. The Morgan fingerprint density at radius 1 is 1.37 bits per heavy atom. The van der Waals surface area contributed by atoms with Gasteiger partial charge in [-0.1, -0.05) is 32.8 Å². The van der Waals surface area contributed by atoms with Crippen LogP contribution in [0.25, 0.3) is 0 Å². The van der Waals surface area contributed by atoms with Gasteiger partial charge in [0, 0.05) is 23.7 Å². The molecule has 1 aromatic carbocycles. The maximum atomic E-state index is 12.0. The van der Waals surface area contributed by atoms with Gasteiger partial charge in [0.15, 0.2) is 0 Å². The minimum atomic E-state index is -0.465. The molecule has 1 aromatic rings. The van der Waals surface area contributed by atoms with Gasteiger partial charge in [-0.15, -0.1) is 0 Å². The van der Waals surface area contributed by atoms with Crippen LogP contribution in [0.4, 0.5) is 5.69 Å². The number of hydrogen-bond acceptors (Lipinski definition) is 3. The average Bonchev–Trinajstić information content (AvgIpc) is 2.39. The van der Waals surface area contributed by atoms with Crippen LogP contribution in [0.3, 0.4) is 0 Å². The van der Waals surface area contributed by atoms with Gasteiger partial charge in [0.25, 0.3) is 11.6 Å². The Balaban J connectivity index is 2.83. The molecule has 0 atom stereocenters. The third-order valence-electron chi connectivity index (χ3n) is 3.45. The van der Waals surface area contributed by atoms with Crippen LogP contribution in [0, 0.1) is 23.0 Å². The molecule has 5 nitrogen and oxygen atoms in total. The summed E-state index contributed by atoms with van der Waals surface area (Å²) in [5.41, 5.74) is 0.768. The van der Waals surface area contributed by atoms with E-state index in [1.165, 1.54) is 12.1 Å². The molecule has 0 aliphatic carbocycles. The maximum absolute atomic E-state index is 12.0. The van der Waals surface area contributed by atoms with Crippen molar-refractivity contribution in [1.29, 1.82) is 0 Å². The molecule has 1 N–H and O–H groups in total. The highest BCUT2D eigenvalue weighted by atomic mass is 16.6. The summed E-state index contributed by atoms with van der Waals surface area (Å²) in [6.07, 6.45) is 2.01. The highest BCUT2D eigenvalue weighted by molar-refractivity contribution is 5.96. The summed E-state index contributed by atoms with van der Waals surface area (Å²) in [6, 6.07) is 4.56. The Bertz CT molecular complexity index is 468. The van der Waals surface area contributed by atoms with Crippen molar-refractivity contribution in [2.45, 2.75) is 33.6 Å². The Morgan fingerprint density at radius 3 is 2.53 bits per heavy atom.